The van der Waals surface area contributed by atoms with Gasteiger partial charge in [-0.05, 0) is 0 Å². The molecule has 8 heteroatoms. The fraction of sp³-hybridized carbons (Fsp3) is 0.143. The van der Waals surface area contributed by atoms with Gasteiger partial charge in [0.15, 0.2) is 10.8 Å². The fourth-order valence-corrected chi connectivity index (χ4v) is 1.29. The zero-order valence-corrected chi connectivity index (χ0v) is 8.83. The number of carbonyl (C=O) groups is 1. The van der Waals surface area contributed by atoms with Crippen molar-refractivity contribution in [1.82, 2.24) is 19.6 Å². The second-order valence-electron chi connectivity index (χ2n) is 2.62. The highest BCUT2D eigenvalue weighted by molar-refractivity contribution is 6.33. The van der Waals surface area contributed by atoms with Gasteiger partial charge >= 0.3 is 0 Å². The maximum Gasteiger partial charge on any atom is 0.253 e. The highest BCUT2D eigenvalue weighted by atomic mass is 35.5. The highest BCUT2D eigenvalue weighted by Crippen LogP contribution is 2.15. The largest absolute Gasteiger partial charge is 0.272 e. The average Bonchev–Trinajstić information content (AvgIpc) is 2.63. The van der Waals surface area contributed by atoms with Crippen LogP contribution in [0.25, 0.3) is 11.2 Å². The van der Waals surface area contributed by atoms with E-state index < -0.39 is 0 Å². The number of alkyl halides is 1. The minimum Gasteiger partial charge on any atom is -0.272 e. The third-order valence-corrected chi connectivity index (χ3v) is 2.17. The Morgan fingerprint density at radius 1 is 1.47 bits per heavy atom. The Bertz CT molecular complexity index is 511. The van der Waals surface area contributed by atoms with Crippen molar-refractivity contribution in [3.05, 3.63) is 17.8 Å². The van der Waals surface area contributed by atoms with Crippen molar-refractivity contribution in [2.45, 2.75) is 0 Å². The molecule has 2 heterocycles. The lowest BCUT2D eigenvalue weighted by Gasteiger charge is -2.03. The van der Waals surface area contributed by atoms with Crippen molar-refractivity contribution < 1.29 is 4.79 Å². The third kappa shape index (κ3) is 1.86. The molecule has 6 nitrogen and oxygen atoms in total. The van der Waals surface area contributed by atoms with Crippen molar-refractivity contribution >= 4 is 40.3 Å². The summed E-state index contributed by atoms with van der Waals surface area (Å²) in [5, 5.41) is 0.235. The molecule has 1 amide bonds. The molecule has 2 aromatic rings. The van der Waals surface area contributed by atoms with Crippen LogP contribution in [0.5, 0.6) is 0 Å². The van der Waals surface area contributed by atoms with Crippen LogP contribution >= 0.6 is 23.2 Å². The number of aromatic nitrogens is 4. The van der Waals surface area contributed by atoms with E-state index in [1.54, 1.807) is 0 Å². The highest BCUT2D eigenvalue weighted by Gasteiger charge is 2.09. The lowest BCUT2D eigenvalue weighted by Crippen LogP contribution is -2.23. The fourth-order valence-electron chi connectivity index (χ4n) is 1.05. The van der Waals surface area contributed by atoms with Gasteiger partial charge in [0.2, 0.25) is 0 Å². The van der Waals surface area contributed by atoms with Gasteiger partial charge in [0, 0.05) is 0 Å². The van der Waals surface area contributed by atoms with Crippen molar-refractivity contribution in [1.29, 1.82) is 0 Å². The van der Waals surface area contributed by atoms with Gasteiger partial charge in [-0.1, -0.05) is 11.6 Å². The lowest BCUT2D eigenvalue weighted by molar-refractivity contribution is -0.114. The molecular weight excluding hydrogens is 241 g/mol. The van der Waals surface area contributed by atoms with E-state index in [9.17, 15) is 4.79 Å². The van der Waals surface area contributed by atoms with Crippen LogP contribution in [0.2, 0.25) is 5.15 Å². The quantitative estimate of drug-likeness (QED) is 0.628. The molecule has 78 valence electrons. The maximum atomic E-state index is 11.0. The van der Waals surface area contributed by atoms with Crippen LogP contribution in [0.1, 0.15) is 0 Å². The van der Waals surface area contributed by atoms with Crippen molar-refractivity contribution in [2.24, 2.45) is 0 Å². The van der Waals surface area contributed by atoms with Gasteiger partial charge in [-0.25, -0.2) is 19.6 Å². The van der Waals surface area contributed by atoms with E-state index in [0.29, 0.717) is 11.2 Å². The molecule has 0 aromatic carbocycles. The molecule has 0 bridgehead atoms. The number of carbonyl (C=O) groups excluding carboxylic acids is 1. The van der Waals surface area contributed by atoms with Gasteiger partial charge in [0.05, 0.1) is 0 Å². The number of nitrogens with one attached hydrogen (secondary N) is 1. The molecule has 0 aliphatic carbocycles. The number of hydrogen-bond acceptors (Lipinski definition) is 4. The first-order valence-corrected chi connectivity index (χ1v) is 4.83. The summed E-state index contributed by atoms with van der Waals surface area (Å²) >= 11 is 11.1. The molecule has 0 atom stereocenters. The van der Waals surface area contributed by atoms with Crippen LogP contribution in [-0.2, 0) is 4.79 Å². The van der Waals surface area contributed by atoms with Crippen LogP contribution in [0.4, 0.5) is 0 Å². The molecular formula is C7H5Cl2N5O. The van der Waals surface area contributed by atoms with Crippen LogP contribution in [0, 0.1) is 0 Å². The molecule has 0 aliphatic heterocycles. The maximum absolute atomic E-state index is 11.0. The first kappa shape index (κ1) is 10.1. The number of hydrogen-bond donors (Lipinski definition) is 1. The summed E-state index contributed by atoms with van der Waals surface area (Å²) in [6, 6.07) is 0. The van der Waals surface area contributed by atoms with Gasteiger partial charge in [-0.2, -0.15) is 0 Å². The molecule has 0 unspecified atom stereocenters. The van der Waals surface area contributed by atoms with Crippen molar-refractivity contribution in [2.75, 3.05) is 11.3 Å². The Morgan fingerprint density at radius 3 is 3.00 bits per heavy atom. The number of amides is 1. The summed E-state index contributed by atoms with van der Waals surface area (Å²) in [5.41, 5.74) is 3.33. The van der Waals surface area contributed by atoms with Gasteiger partial charge < -0.3 is 0 Å². The van der Waals surface area contributed by atoms with Gasteiger partial charge in [-0.15, -0.1) is 11.6 Å². The normalized spacial score (nSPS) is 10.5. The molecule has 2 rings (SSSR count). The molecule has 1 N–H and O–H groups in total. The standard InChI is InChI=1S/C7H5Cl2N5O/c8-1-4(15)13-14-3-12-5-6(9)10-2-11-7(5)14/h2-3H,1H2,(H,13,15). The molecule has 0 spiro atoms. The molecule has 0 aliphatic rings. The minimum absolute atomic E-state index is 0.140. The molecule has 15 heavy (non-hydrogen) atoms. The number of rotatable bonds is 2. The third-order valence-electron chi connectivity index (χ3n) is 1.66. The predicted octanol–water partition coefficient (Wildman–Crippen LogP) is 0.789. The molecule has 0 radical (unpaired) electrons. The summed E-state index contributed by atoms with van der Waals surface area (Å²) in [7, 11) is 0. The van der Waals surface area contributed by atoms with Crippen LogP contribution in [0.3, 0.4) is 0 Å². The summed E-state index contributed by atoms with van der Waals surface area (Å²) < 4.78 is 1.34. The SMILES string of the molecule is O=C(CCl)Nn1cnc2c(Cl)ncnc21. The van der Waals surface area contributed by atoms with E-state index in [0.717, 1.165) is 0 Å². The zero-order chi connectivity index (χ0) is 10.8. The average molecular weight is 246 g/mol. The number of nitrogens with zero attached hydrogens (tertiary/aromatic N) is 4. The van der Waals surface area contributed by atoms with Crippen LogP contribution < -0.4 is 5.43 Å². The van der Waals surface area contributed by atoms with E-state index in [1.807, 2.05) is 0 Å². The Balaban J connectivity index is 2.45. The molecule has 2 aromatic heterocycles. The van der Waals surface area contributed by atoms with E-state index in [-0.39, 0.29) is 16.9 Å². The number of halogens is 2. The van der Waals surface area contributed by atoms with Gasteiger partial charge in [-0.3, -0.25) is 10.2 Å². The summed E-state index contributed by atoms with van der Waals surface area (Å²) in [5.74, 6) is -0.496. The second-order valence-corrected chi connectivity index (χ2v) is 3.25. The molecule has 0 saturated carbocycles. The number of imidazole rings is 1. The minimum atomic E-state index is -0.356. The van der Waals surface area contributed by atoms with Crippen molar-refractivity contribution in [3.63, 3.8) is 0 Å². The van der Waals surface area contributed by atoms with Crippen LogP contribution in [0.15, 0.2) is 12.7 Å². The summed E-state index contributed by atoms with van der Waals surface area (Å²) in [6.07, 6.45) is 2.67. The van der Waals surface area contributed by atoms with Gasteiger partial charge in [0.1, 0.15) is 24.1 Å². The monoisotopic (exact) mass is 245 g/mol. The number of fused-ring (bicyclic) bond motifs is 1. The summed E-state index contributed by atoms with van der Waals surface area (Å²) in [6.45, 7) is 0. The summed E-state index contributed by atoms with van der Waals surface area (Å²) in [4.78, 5) is 22.7. The first-order valence-electron chi connectivity index (χ1n) is 3.91. The smallest absolute Gasteiger partial charge is 0.253 e. The Kier molecular flexibility index (Phi) is 2.70. The topological polar surface area (TPSA) is 72.7 Å². The predicted molar refractivity (Wildman–Crippen MR) is 55.4 cm³/mol. The lowest BCUT2D eigenvalue weighted by atomic mass is 10.6. The van der Waals surface area contributed by atoms with Gasteiger partial charge in [0.25, 0.3) is 5.91 Å². The Hall–Kier alpha value is -1.40. The van der Waals surface area contributed by atoms with E-state index in [1.165, 1.54) is 17.3 Å². The van der Waals surface area contributed by atoms with Crippen LogP contribution in [-0.4, -0.2) is 31.4 Å². The second kappa shape index (κ2) is 4.00. The Morgan fingerprint density at radius 2 is 2.27 bits per heavy atom. The Labute approximate surface area is 94.2 Å². The van der Waals surface area contributed by atoms with E-state index in [2.05, 4.69) is 20.4 Å². The molecule has 0 fully saturated rings. The van der Waals surface area contributed by atoms with E-state index in [4.69, 9.17) is 23.2 Å². The zero-order valence-electron chi connectivity index (χ0n) is 7.31. The van der Waals surface area contributed by atoms with Crippen molar-refractivity contribution in [3.8, 4) is 0 Å². The molecule has 0 saturated heterocycles. The first-order chi connectivity index (χ1) is 7.22. The van der Waals surface area contributed by atoms with E-state index >= 15 is 0 Å².